The van der Waals surface area contributed by atoms with Gasteiger partial charge in [0.2, 0.25) is 5.91 Å². The van der Waals surface area contributed by atoms with Gasteiger partial charge < -0.3 is 25.3 Å². The van der Waals surface area contributed by atoms with Crippen LogP contribution in [0, 0.1) is 18.8 Å². The number of anilines is 1. The Labute approximate surface area is 195 Å². The van der Waals surface area contributed by atoms with Crippen molar-refractivity contribution in [1.82, 2.24) is 20.0 Å². The van der Waals surface area contributed by atoms with Crippen LogP contribution >= 0.6 is 0 Å². The third kappa shape index (κ3) is 4.80. The molecule has 3 atom stereocenters. The molecular formula is C25H35N5O3. The first-order valence-electron chi connectivity index (χ1n) is 12.4. The highest BCUT2D eigenvalue weighted by Crippen LogP contribution is 2.38. The summed E-state index contributed by atoms with van der Waals surface area (Å²) < 4.78 is 0. The minimum absolute atomic E-state index is 0.0707. The van der Waals surface area contributed by atoms with Gasteiger partial charge in [0.25, 0.3) is 0 Å². The van der Waals surface area contributed by atoms with Crippen molar-refractivity contribution < 1.29 is 14.4 Å². The minimum atomic E-state index is -0.194. The second kappa shape index (κ2) is 9.23. The molecule has 4 saturated heterocycles. The van der Waals surface area contributed by atoms with E-state index < -0.39 is 0 Å². The summed E-state index contributed by atoms with van der Waals surface area (Å²) in [5.74, 6) is 1.12. The summed E-state index contributed by atoms with van der Waals surface area (Å²) in [6.07, 6.45) is 5.40. The quantitative estimate of drug-likeness (QED) is 0.722. The smallest absolute Gasteiger partial charge is 0.320 e. The van der Waals surface area contributed by atoms with Gasteiger partial charge in [-0.25, -0.2) is 9.59 Å². The minimum Gasteiger partial charge on any atom is -0.339 e. The predicted molar refractivity (Wildman–Crippen MR) is 126 cm³/mol. The van der Waals surface area contributed by atoms with Crippen molar-refractivity contribution in [3.05, 3.63) is 29.8 Å². The molecule has 4 aliphatic rings. The van der Waals surface area contributed by atoms with Crippen LogP contribution < -0.4 is 10.6 Å². The van der Waals surface area contributed by atoms with Gasteiger partial charge in [-0.15, -0.1) is 0 Å². The maximum absolute atomic E-state index is 13.3. The standard InChI is InChI=1S/C25H35N5O3/c1-17-4-2-5-21(12-17)27-24(32)26-20-8-10-28(11-9-20)25(33)29-14-18-13-19(16-29)22-6-3-7-23(31)30(22)15-18/h2,4-5,12,18-20,22H,3,6-11,13-16H2,1H3,(H2,26,27,32)/t18-,19+,22+/m0/s1. The number of piperidine rings is 4. The number of fused-ring (bicyclic) bond motifs is 4. The van der Waals surface area contributed by atoms with E-state index in [1.165, 1.54) is 0 Å². The number of nitrogens with zero attached hydrogens (tertiary/aromatic N) is 3. The first-order valence-corrected chi connectivity index (χ1v) is 12.4. The van der Waals surface area contributed by atoms with Crippen LogP contribution in [0.1, 0.15) is 44.1 Å². The lowest BCUT2D eigenvalue weighted by atomic mass is 9.76. The van der Waals surface area contributed by atoms with Gasteiger partial charge in [-0.05, 0) is 68.6 Å². The van der Waals surface area contributed by atoms with Gasteiger partial charge in [0, 0.05) is 56.9 Å². The monoisotopic (exact) mass is 453 g/mol. The lowest BCUT2D eigenvalue weighted by Crippen LogP contribution is -2.62. The van der Waals surface area contributed by atoms with Crippen molar-refractivity contribution in [2.45, 2.75) is 57.5 Å². The van der Waals surface area contributed by atoms with Gasteiger partial charge >= 0.3 is 12.1 Å². The fourth-order valence-electron chi connectivity index (χ4n) is 6.26. The average Bonchev–Trinajstić information content (AvgIpc) is 2.80. The summed E-state index contributed by atoms with van der Waals surface area (Å²) in [5.41, 5.74) is 1.89. The number of likely N-dealkylation sites (tertiary alicyclic amines) is 2. The van der Waals surface area contributed by atoms with Crippen molar-refractivity contribution in [3.63, 3.8) is 0 Å². The summed E-state index contributed by atoms with van der Waals surface area (Å²) in [7, 11) is 0. The molecule has 5 amide bonds. The van der Waals surface area contributed by atoms with E-state index in [9.17, 15) is 14.4 Å². The summed E-state index contributed by atoms with van der Waals surface area (Å²) in [6.45, 7) is 5.65. The van der Waals surface area contributed by atoms with Crippen molar-refractivity contribution >= 4 is 23.7 Å². The Morgan fingerprint density at radius 1 is 1.03 bits per heavy atom. The number of nitrogens with one attached hydrogen (secondary N) is 2. The summed E-state index contributed by atoms with van der Waals surface area (Å²) in [6, 6.07) is 8.07. The highest BCUT2D eigenvalue weighted by atomic mass is 16.2. The van der Waals surface area contributed by atoms with Gasteiger partial charge in [0.05, 0.1) is 0 Å². The lowest BCUT2D eigenvalue weighted by Gasteiger charge is -2.53. The molecule has 178 valence electrons. The van der Waals surface area contributed by atoms with Gasteiger partial charge in [-0.3, -0.25) is 4.79 Å². The van der Waals surface area contributed by atoms with Crippen LogP contribution in [0.4, 0.5) is 15.3 Å². The van der Waals surface area contributed by atoms with E-state index in [1.54, 1.807) is 0 Å². The molecule has 8 nitrogen and oxygen atoms in total. The van der Waals surface area contributed by atoms with Crippen LogP contribution in [0.2, 0.25) is 0 Å². The van der Waals surface area contributed by atoms with Gasteiger partial charge in [0.15, 0.2) is 0 Å². The average molecular weight is 454 g/mol. The third-order valence-electron chi connectivity index (χ3n) is 7.83. The number of aryl methyl sites for hydroxylation is 1. The zero-order chi connectivity index (χ0) is 22.9. The highest BCUT2D eigenvalue weighted by Gasteiger charge is 2.45. The number of hydrogen-bond donors (Lipinski definition) is 2. The zero-order valence-electron chi connectivity index (χ0n) is 19.5. The van der Waals surface area contributed by atoms with Crippen molar-refractivity contribution in [2.24, 2.45) is 11.8 Å². The van der Waals surface area contributed by atoms with Crippen molar-refractivity contribution in [3.8, 4) is 0 Å². The second-order valence-electron chi connectivity index (χ2n) is 10.3. The molecule has 0 aliphatic carbocycles. The Hall–Kier alpha value is -2.77. The molecule has 33 heavy (non-hydrogen) atoms. The van der Waals surface area contributed by atoms with Crippen molar-refractivity contribution in [2.75, 3.05) is 38.0 Å². The molecule has 0 aromatic heterocycles. The Kier molecular flexibility index (Phi) is 6.17. The molecular weight excluding hydrogens is 418 g/mol. The molecule has 0 saturated carbocycles. The first-order chi connectivity index (χ1) is 16.0. The van der Waals surface area contributed by atoms with E-state index in [2.05, 4.69) is 15.5 Å². The van der Waals surface area contributed by atoms with E-state index in [4.69, 9.17) is 0 Å². The number of carbonyl (C=O) groups excluding carboxylic acids is 3. The molecule has 5 rings (SSSR count). The second-order valence-corrected chi connectivity index (χ2v) is 10.3. The number of hydrogen-bond acceptors (Lipinski definition) is 3. The van der Waals surface area contributed by atoms with E-state index in [0.29, 0.717) is 43.3 Å². The van der Waals surface area contributed by atoms with Crippen LogP contribution in [-0.2, 0) is 4.79 Å². The van der Waals surface area contributed by atoms with E-state index in [-0.39, 0.29) is 18.1 Å². The Morgan fingerprint density at radius 3 is 2.64 bits per heavy atom. The number of benzene rings is 1. The third-order valence-corrected chi connectivity index (χ3v) is 7.83. The molecule has 2 N–H and O–H groups in total. The molecule has 1 aromatic rings. The first kappa shape index (κ1) is 22.0. The molecule has 0 spiro atoms. The molecule has 4 aliphatic heterocycles. The molecule has 4 heterocycles. The number of urea groups is 2. The van der Waals surface area contributed by atoms with Crippen molar-refractivity contribution in [1.29, 1.82) is 0 Å². The topological polar surface area (TPSA) is 85.0 Å². The number of carbonyl (C=O) groups is 3. The summed E-state index contributed by atoms with van der Waals surface area (Å²) in [4.78, 5) is 44.1. The molecule has 4 fully saturated rings. The number of amides is 5. The molecule has 8 heteroatoms. The Morgan fingerprint density at radius 2 is 1.85 bits per heavy atom. The molecule has 1 aromatic carbocycles. The number of rotatable bonds is 2. The Bertz CT molecular complexity index is 913. The summed E-state index contributed by atoms with van der Waals surface area (Å²) in [5, 5.41) is 5.95. The largest absolute Gasteiger partial charge is 0.339 e. The van der Waals surface area contributed by atoms with Crippen LogP contribution in [0.3, 0.4) is 0 Å². The van der Waals surface area contributed by atoms with Gasteiger partial charge in [0.1, 0.15) is 0 Å². The van der Waals surface area contributed by atoms with Crippen LogP contribution in [-0.4, -0.2) is 77.5 Å². The normalized spacial score (nSPS) is 27.7. The SMILES string of the molecule is Cc1cccc(NC(=O)NC2CCN(C(=O)N3C[C@@H]4C[C@H](C3)[C@H]3CCCC(=O)N3C4)CC2)c1. The van der Waals surface area contributed by atoms with Crippen LogP contribution in [0.25, 0.3) is 0 Å². The van der Waals surface area contributed by atoms with E-state index in [1.807, 2.05) is 41.0 Å². The van der Waals surface area contributed by atoms with E-state index >= 15 is 0 Å². The fourth-order valence-corrected chi connectivity index (χ4v) is 6.26. The molecule has 0 unspecified atom stereocenters. The van der Waals surface area contributed by atoms with Gasteiger partial charge in [-0.1, -0.05) is 12.1 Å². The van der Waals surface area contributed by atoms with Gasteiger partial charge in [-0.2, -0.15) is 0 Å². The molecule has 2 bridgehead atoms. The fraction of sp³-hybridized carbons (Fsp3) is 0.640. The summed E-state index contributed by atoms with van der Waals surface area (Å²) >= 11 is 0. The van der Waals surface area contributed by atoms with Crippen LogP contribution in [0.5, 0.6) is 0 Å². The molecule has 0 radical (unpaired) electrons. The zero-order valence-corrected chi connectivity index (χ0v) is 19.5. The Balaban J connectivity index is 1.11. The maximum atomic E-state index is 13.3. The predicted octanol–water partition coefficient (Wildman–Crippen LogP) is 3.03. The lowest BCUT2D eigenvalue weighted by molar-refractivity contribution is -0.144. The van der Waals surface area contributed by atoms with E-state index in [0.717, 1.165) is 63.0 Å². The maximum Gasteiger partial charge on any atom is 0.320 e. The highest BCUT2D eigenvalue weighted by molar-refractivity contribution is 5.89. The van der Waals surface area contributed by atoms with Crippen LogP contribution in [0.15, 0.2) is 24.3 Å².